The Hall–Kier alpha value is -4.29. The van der Waals surface area contributed by atoms with Crippen molar-refractivity contribution < 1.29 is 33.3 Å². The summed E-state index contributed by atoms with van der Waals surface area (Å²) in [7, 11) is 1.76. The van der Waals surface area contributed by atoms with Crippen LogP contribution in [0, 0.1) is 28.6 Å². The van der Waals surface area contributed by atoms with E-state index in [0.29, 0.717) is 64.1 Å². The van der Waals surface area contributed by atoms with Crippen LogP contribution in [-0.4, -0.2) is 138 Å². The molecule has 1 aromatic carbocycles. The van der Waals surface area contributed by atoms with Crippen LogP contribution in [0.4, 0.5) is 0 Å². The third-order valence-electron chi connectivity index (χ3n) is 17.4. The second-order valence-corrected chi connectivity index (χ2v) is 25.2. The molecule has 7 aliphatic rings. The number of carbonyl (C=O) groups excluding carboxylic acids is 3. The van der Waals surface area contributed by atoms with Crippen LogP contribution in [0.5, 0.6) is 0 Å². The molecule has 0 radical (unpaired) electrons. The molecular weight excluding hydrogens is 941 g/mol. The number of amides is 2. The summed E-state index contributed by atoms with van der Waals surface area (Å²) in [6.45, 7) is 21.8. The molecule has 15 nitrogen and oxygen atoms in total. The topological polar surface area (TPSA) is 153 Å². The lowest BCUT2D eigenvalue weighted by atomic mass is 9.82. The highest BCUT2D eigenvalue weighted by Gasteiger charge is 2.52. The van der Waals surface area contributed by atoms with Crippen molar-refractivity contribution in [1.29, 1.82) is 0 Å². The molecule has 8 heterocycles. The van der Waals surface area contributed by atoms with Gasteiger partial charge in [0.15, 0.2) is 0 Å². The quantitative estimate of drug-likeness (QED) is 0.132. The Morgan fingerprint density at radius 1 is 0.986 bits per heavy atom. The van der Waals surface area contributed by atoms with Crippen molar-refractivity contribution >= 4 is 40.0 Å². The fourth-order valence-corrected chi connectivity index (χ4v) is 13.8. The van der Waals surface area contributed by atoms with Gasteiger partial charge in [0.25, 0.3) is 5.91 Å². The minimum absolute atomic E-state index is 0.0292. The summed E-state index contributed by atoms with van der Waals surface area (Å²) in [5, 5.41) is 8.84. The van der Waals surface area contributed by atoms with Crippen molar-refractivity contribution in [3.63, 3.8) is 0 Å². The van der Waals surface area contributed by atoms with E-state index in [1.54, 1.807) is 23.5 Å². The zero-order chi connectivity index (χ0) is 50.9. The van der Waals surface area contributed by atoms with Gasteiger partial charge < -0.3 is 28.8 Å². The predicted molar refractivity (Wildman–Crippen MR) is 282 cm³/mol. The van der Waals surface area contributed by atoms with E-state index in [2.05, 4.69) is 109 Å². The van der Waals surface area contributed by atoms with Gasteiger partial charge in [0.1, 0.15) is 17.1 Å². The number of fused-ring (bicyclic) bond motifs is 6. The number of nitrogens with one attached hydrogen (secondary N) is 2. The number of benzene rings is 1. The molecule has 16 heteroatoms. The number of nitrogens with zero attached hydrogens (tertiary/aromatic N) is 6. The molecule has 0 spiro atoms. The SMILES string of the molecule is CO[C@@H](C)c1ncc([C@@H]2CCN(C3CC3)C2)cc1-c1c2c3cc(ccc3n1CCOC1CCOCC1)-c1csc(n1)[C@@H](N1CC(C)(C)C1)[C@H](NC(=O)C1[C@@H](C)[C@H]1C)C(=O)N1CCC[C@H](N1)C(=O)OCC(C)(C)C2. The van der Waals surface area contributed by atoms with Crippen molar-refractivity contribution in [3.8, 4) is 22.5 Å². The van der Waals surface area contributed by atoms with E-state index in [9.17, 15) is 9.59 Å². The molecule has 6 fully saturated rings. The van der Waals surface area contributed by atoms with Crippen LogP contribution in [0.15, 0.2) is 35.8 Å². The first-order valence-electron chi connectivity index (χ1n) is 27.4. The first-order valence-corrected chi connectivity index (χ1v) is 28.3. The molecule has 1 unspecified atom stereocenters. The Morgan fingerprint density at radius 3 is 2.49 bits per heavy atom. The van der Waals surface area contributed by atoms with Crippen LogP contribution in [0.1, 0.15) is 133 Å². The van der Waals surface area contributed by atoms with Crippen molar-refractivity contribution in [2.45, 2.75) is 149 Å². The smallest absolute Gasteiger partial charge is 0.324 e. The molecule has 4 saturated heterocycles. The van der Waals surface area contributed by atoms with Gasteiger partial charge in [-0.2, -0.15) is 0 Å². The Balaban J connectivity index is 1.07. The summed E-state index contributed by atoms with van der Waals surface area (Å²) in [5.74, 6) is -0.0958. The summed E-state index contributed by atoms with van der Waals surface area (Å²) in [4.78, 5) is 59.3. The zero-order valence-electron chi connectivity index (χ0n) is 44.4. The average Bonchev–Trinajstić information content (AvgIpc) is 4.11. The predicted octanol–water partition coefficient (Wildman–Crippen LogP) is 8.07. The molecule has 8 atom stereocenters. The molecular formula is C57H78N8O7S. The van der Waals surface area contributed by atoms with Gasteiger partial charge in [-0.3, -0.25) is 34.2 Å². The van der Waals surface area contributed by atoms with Gasteiger partial charge in [0.05, 0.1) is 48.5 Å². The highest BCUT2D eigenvalue weighted by Crippen LogP contribution is 2.48. The molecule has 2 aliphatic carbocycles. The number of esters is 1. The van der Waals surface area contributed by atoms with E-state index in [1.165, 1.54) is 18.4 Å². The second-order valence-electron chi connectivity index (χ2n) is 24.3. The van der Waals surface area contributed by atoms with Crippen LogP contribution >= 0.6 is 11.3 Å². The van der Waals surface area contributed by atoms with Gasteiger partial charge >= 0.3 is 5.97 Å². The number of hydrogen-bond donors (Lipinski definition) is 2. The number of hydrogen-bond acceptors (Lipinski definition) is 13. The number of likely N-dealkylation sites (tertiary alicyclic amines) is 2. The van der Waals surface area contributed by atoms with Crippen LogP contribution in [0.2, 0.25) is 0 Å². The number of thiazole rings is 1. The lowest BCUT2D eigenvalue weighted by Crippen LogP contribution is -2.65. The van der Waals surface area contributed by atoms with Gasteiger partial charge in [-0.05, 0) is 117 Å². The second kappa shape index (κ2) is 20.3. The van der Waals surface area contributed by atoms with E-state index in [-0.39, 0.29) is 53.8 Å². The fourth-order valence-electron chi connectivity index (χ4n) is 12.8. The van der Waals surface area contributed by atoms with Gasteiger partial charge in [-0.25, -0.2) is 10.4 Å². The molecule has 2 N–H and O–H groups in total. The minimum Gasteiger partial charge on any atom is -0.464 e. The fraction of sp³-hybridized carbons (Fsp3) is 0.667. The summed E-state index contributed by atoms with van der Waals surface area (Å²) < 4.78 is 27.3. The van der Waals surface area contributed by atoms with Gasteiger partial charge in [-0.1, -0.05) is 47.6 Å². The Bertz CT molecular complexity index is 2690. The number of cyclic esters (lactones) is 1. The Labute approximate surface area is 435 Å². The third-order valence-corrected chi connectivity index (χ3v) is 18.3. The maximum atomic E-state index is 15.1. The Kier molecular flexibility index (Phi) is 14.2. The minimum atomic E-state index is -0.939. The lowest BCUT2D eigenvalue weighted by molar-refractivity contribution is -0.156. The van der Waals surface area contributed by atoms with Crippen LogP contribution in [0.3, 0.4) is 0 Å². The van der Waals surface area contributed by atoms with Gasteiger partial charge in [0.2, 0.25) is 5.91 Å². The summed E-state index contributed by atoms with van der Waals surface area (Å²) in [6, 6.07) is 7.62. The normalized spacial score (nSPS) is 29.4. The van der Waals surface area contributed by atoms with Crippen molar-refractivity contribution in [2.75, 3.05) is 66.3 Å². The van der Waals surface area contributed by atoms with Crippen molar-refractivity contribution in [1.82, 2.24) is 40.1 Å². The number of carbonyl (C=O) groups is 3. The van der Waals surface area contributed by atoms with E-state index >= 15 is 4.79 Å². The van der Waals surface area contributed by atoms with Gasteiger partial charge in [-0.15, -0.1) is 11.3 Å². The molecule has 5 aliphatic heterocycles. The molecule has 3 aromatic heterocycles. The number of aromatic nitrogens is 3. The first kappa shape index (κ1) is 50.8. The molecule has 394 valence electrons. The molecule has 6 bridgehead atoms. The summed E-state index contributed by atoms with van der Waals surface area (Å²) in [5.41, 5.74) is 11.1. The van der Waals surface area contributed by atoms with Crippen molar-refractivity contribution in [3.05, 3.63) is 57.7 Å². The monoisotopic (exact) mass is 1020 g/mol. The molecule has 2 saturated carbocycles. The van der Waals surface area contributed by atoms with Crippen LogP contribution in [0.25, 0.3) is 33.4 Å². The number of ether oxygens (including phenoxy) is 4. The number of pyridine rings is 1. The van der Waals surface area contributed by atoms with Crippen molar-refractivity contribution in [2.24, 2.45) is 28.6 Å². The van der Waals surface area contributed by atoms with Crippen LogP contribution < -0.4 is 10.7 Å². The summed E-state index contributed by atoms with van der Waals surface area (Å²) >= 11 is 1.54. The molecule has 73 heavy (non-hydrogen) atoms. The Morgan fingerprint density at radius 2 is 1.77 bits per heavy atom. The standard InChI is InChI=1S/C57H78N8O7S/c1-33-34(2)47(33)52(66)60-49-51(63-30-57(6,7)31-63)53-59-45(29-73-53)36-11-14-46-41(24-36)43(26-56(4,5)32-72-55(68)44-10-9-18-65(61-44)54(49)67)50(64(46)20-23-71-40-16-21-70-22-17-40)42-25-38(27-58-48(42)35(3)69-8)37-15-19-62(28-37)39-12-13-39/h11,14,24-25,27,29,33-35,37,39-40,44,47,49,51,61H,9-10,12-13,15-23,26,28,30-32H2,1-8H3,(H,60,66)/t33-,34+,35-,37+,44-,47?,49-,51-/m0/s1. The molecule has 11 rings (SSSR count). The molecule has 2 amide bonds. The largest absolute Gasteiger partial charge is 0.464 e. The summed E-state index contributed by atoms with van der Waals surface area (Å²) in [6.07, 6.45) is 9.11. The highest BCUT2D eigenvalue weighted by atomic mass is 32.1. The molecule has 4 aromatic rings. The maximum absolute atomic E-state index is 15.1. The van der Waals surface area contributed by atoms with E-state index in [4.69, 9.17) is 28.9 Å². The average molecular weight is 1020 g/mol. The lowest BCUT2D eigenvalue weighted by Gasteiger charge is -2.51. The van der Waals surface area contributed by atoms with Crippen LogP contribution in [-0.2, 0) is 46.3 Å². The van der Waals surface area contributed by atoms with E-state index in [1.807, 2.05) is 0 Å². The van der Waals surface area contributed by atoms with E-state index in [0.717, 1.165) is 95.1 Å². The third kappa shape index (κ3) is 10.4. The highest BCUT2D eigenvalue weighted by molar-refractivity contribution is 7.10. The number of rotatable bonds is 12. The zero-order valence-corrected chi connectivity index (χ0v) is 45.2. The number of methoxy groups -OCH3 is 1. The maximum Gasteiger partial charge on any atom is 0.324 e. The first-order chi connectivity index (χ1) is 35.1. The van der Waals surface area contributed by atoms with E-state index < -0.39 is 29.5 Å². The number of hydrazine groups is 1. The van der Waals surface area contributed by atoms with Gasteiger partial charge in [0, 0.05) is 104 Å².